The van der Waals surface area contributed by atoms with Crippen molar-refractivity contribution in [1.82, 2.24) is 10.2 Å². The van der Waals surface area contributed by atoms with E-state index in [2.05, 4.69) is 4.74 Å². The number of hydrogen-bond acceptors (Lipinski definition) is 4. The average Bonchev–Trinajstić information content (AvgIpc) is 3.26. The Morgan fingerprint density at radius 1 is 1.23 bits per heavy atom. The number of hydrogen-bond donors (Lipinski definition) is 1. The second kappa shape index (κ2) is 8.35. The zero-order valence-electron chi connectivity index (χ0n) is 16.6. The number of halogens is 5. The number of alkyl halides is 3. The lowest BCUT2D eigenvalue weighted by Gasteiger charge is -2.34. The quantitative estimate of drug-likeness (QED) is 0.656. The summed E-state index contributed by atoms with van der Waals surface area (Å²) in [6, 6.07) is 3.08. The van der Waals surface area contributed by atoms with Crippen LogP contribution in [0, 0.1) is 0 Å². The number of allylic oxidation sites excluding steroid dienone is 1. The molecule has 31 heavy (non-hydrogen) atoms. The second-order valence-electron chi connectivity index (χ2n) is 7.39. The first-order chi connectivity index (χ1) is 14.5. The van der Waals surface area contributed by atoms with E-state index in [1.165, 1.54) is 19.1 Å². The summed E-state index contributed by atoms with van der Waals surface area (Å²) in [7, 11) is 0.907. The van der Waals surface area contributed by atoms with Gasteiger partial charge in [0.2, 0.25) is 0 Å². The number of nitrogens with one attached hydrogen (secondary N) is 1. The summed E-state index contributed by atoms with van der Waals surface area (Å²) in [5, 5.41) is 1.73. The molecule has 1 saturated carbocycles. The van der Waals surface area contributed by atoms with Crippen LogP contribution in [0.1, 0.15) is 43.0 Å². The summed E-state index contributed by atoms with van der Waals surface area (Å²) in [5.41, 5.74) is -5.09. The maximum absolute atomic E-state index is 14.5. The summed E-state index contributed by atoms with van der Waals surface area (Å²) in [6.07, 6.45) is -2.89. The fourth-order valence-electron chi connectivity index (χ4n) is 4.20. The Kier molecular flexibility index (Phi) is 6.30. The number of nitrogens with zero attached hydrogens (tertiary/aromatic N) is 1. The van der Waals surface area contributed by atoms with Gasteiger partial charge in [0.1, 0.15) is 5.57 Å². The van der Waals surface area contributed by atoms with Crippen LogP contribution in [0.5, 0.6) is 0 Å². The molecule has 1 aromatic rings. The smallest absolute Gasteiger partial charge is 0.425 e. The number of esters is 1. The van der Waals surface area contributed by atoms with Crippen LogP contribution in [0.25, 0.3) is 0 Å². The van der Waals surface area contributed by atoms with Gasteiger partial charge in [-0.15, -0.1) is 0 Å². The van der Waals surface area contributed by atoms with Gasteiger partial charge in [-0.3, -0.25) is 9.59 Å². The van der Waals surface area contributed by atoms with Gasteiger partial charge in [-0.1, -0.05) is 36.0 Å². The topological polar surface area (TPSA) is 75.7 Å². The van der Waals surface area contributed by atoms with Crippen LogP contribution in [-0.4, -0.2) is 47.6 Å². The van der Waals surface area contributed by atoms with Crippen LogP contribution < -0.4 is 5.32 Å². The molecule has 0 spiro atoms. The number of carbonyl (C=O) groups excluding carboxylic acids is 3. The van der Waals surface area contributed by atoms with Crippen LogP contribution in [0.15, 0.2) is 29.5 Å². The van der Waals surface area contributed by atoms with Crippen molar-refractivity contribution in [2.24, 2.45) is 0 Å². The summed E-state index contributed by atoms with van der Waals surface area (Å²) in [6.45, 7) is 1.25. The fraction of sp³-hybridized carbons (Fsp3) is 0.450. The maximum Gasteiger partial charge on any atom is 0.425 e. The minimum atomic E-state index is -5.34. The lowest BCUT2D eigenvalue weighted by Crippen LogP contribution is -2.66. The van der Waals surface area contributed by atoms with E-state index in [1.54, 1.807) is 5.32 Å². The minimum absolute atomic E-state index is 0.169. The van der Waals surface area contributed by atoms with Crippen LogP contribution >= 0.6 is 23.2 Å². The molecule has 1 atom stereocenters. The van der Waals surface area contributed by atoms with Crippen LogP contribution in [-0.2, 0) is 14.3 Å². The molecule has 1 aliphatic carbocycles. The van der Waals surface area contributed by atoms with E-state index in [4.69, 9.17) is 23.2 Å². The Morgan fingerprint density at radius 2 is 1.84 bits per heavy atom. The molecular weight excluding hydrogens is 460 g/mol. The van der Waals surface area contributed by atoms with Crippen molar-refractivity contribution in [2.75, 3.05) is 7.11 Å². The number of carbonyl (C=O) groups is 3. The summed E-state index contributed by atoms with van der Waals surface area (Å²) in [5.74, 6) is -4.08. The molecule has 1 fully saturated rings. The van der Waals surface area contributed by atoms with E-state index >= 15 is 0 Å². The van der Waals surface area contributed by atoms with Gasteiger partial charge < -0.3 is 15.0 Å². The molecule has 2 amide bonds. The van der Waals surface area contributed by atoms with Crippen LogP contribution in [0.3, 0.4) is 0 Å². The van der Waals surface area contributed by atoms with E-state index in [0.717, 1.165) is 30.9 Å². The van der Waals surface area contributed by atoms with E-state index in [9.17, 15) is 27.6 Å². The fourth-order valence-corrected chi connectivity index (χ4v) is 4.69. The first kappa shape index (κ1) is 23.4. The third kappa shape index (κ3) is 3.78. The number of methoxy groups -OCH3 is 1. The zero-order valence-corrected chi connectivity index (χ0v) is 18.1. The third-order valence-corrected chi connectivity index (χ3v) is 6.17. The van der Waals surface area contributed by atoms with E-state index in [1.807, 2.05) is 0 Å². The van der Waals surface area contributed by atoms with Crippen molar-refractivity contribution in [2.45, 2.75) is 50.4 Å². The Balaban J connectivity index is 2.16. The van der Waals surface area contributed by atoms with Gasteiger partial charge in [-0.2, -0.15) is 13.2 Å². The van der Waals surface area contributed by atoms with Crippen molar-refractivity contribution in [1.29, 1.82) is 0 Å². The highest BCUT2D eigenvalue weighted by Crippen LogP contribution is 2.47. The molecule has 2 aliphatic rings. The summed E-state index contributed by atoms with van der Waals surface area (Å²) in [4.78, 5) is 39.6. The normalized spacial score (nSPS) is 22.3. The van der Waals surface area contributed by atoms with Gasteiger partial charge in [0.05, 0.1) is 17.7 Å². The molecule has 1 aliphatic heterocycles. The Bertz CT molecular complexity index is 974. The van der Waals surface area contributed by atoms with Gasteiger partial charge >= 0.3 is 12.1 Å². The summed E-state index contributed by atoms with van der Waals surface area (Å²) < 4.78 is 48.2. The lowest BCUT2D eigenvalue weighted by molar-refractivity contribution is -0.192. The monoisotopic (exact) mass is 478 g/mol. The molecule has 11 heteroatoms. The van der Waals surface area contributed by atoms with Gasteiger partial charge in [0.25, 0.3) is 17.4 Å². The standard InChI is InChI=1S/C20H19Cl2F3N2O4/c1-10-15(17(29)31-2)19(20(23,24)25,18(30)27(10)12-5-3-4-6-12)26-16(28)13-8-7-11(21)9-14(13)22/h7-9,12H,3-6H2,1-2H3,(H,26,28)/t19-/m0/s1. The van der Waals surface area contributed by atoms with Gasteiger partial charge in [-0.05, 0) is 38.0 Å². The van der Waals surface area contributed by atoms with Gasteiger partial charge in [-0.25, -0.2) is 4.79 Å². The zero-order chi connectivity index (χ0) is 23.1. The Labute approximate surface area is 186 Å². The predicted octanol–water partition coefficient (Wildman–Crippen LogP) is 4.26. The maximum atomic E-state index is 14.5. The van der Waals surface area contributed by atoms with E-state index < -0.39 is 41.1 Å². The predicted molar refractivity (Wildman–Crippen MR) is 107 cm³/mol. The van der Waals surface area contributed by atoms with Crippen molar-refractivity contribution in [3.05, 3.63) is 45.1 Å². The van der Waals surface area contributed by atoms with Crippen LogP contribution in [0.4, 0.5) is 13.2 Å². The molecular formula is C20H19Cl2F3N2O4. The first-order valence-corrected chi connectivity index (χ1v) is 10.2. The number of rotatable bonds is 4. The SMILES string of the molecule is COC(=O)C1=C(C)N(C2CCCC2)C(=O)[C@]1(NC(=O)c1ccc(Cl)cc1Cl)C(F)(F)F. The largest absolute Gasteiger partial charge is 0.466 e. The van der Waals surface area contributed by atoms with Crippen molar-refractivity contribution >= 4 is 41.0 Å². The van der Waals surface area contributed by atoms with Gasteiger partial charge in [0, 0.05) is 16.8 Å². The molecule has 6 nitrogen and oxygen atoms in total. The number of benzene rings is 1. The third-order valence-electron chi connectivity index (χ3n) is 5.62. The van der Waals surface area contributed by atoms with E-state index in [-0.39, 0.29) is 21.3 Å². The van der Waals surface area contributed by atoms with Gasteiger partial charge in [0.15, 0.2) is 0 Å². The Morgan fingerprint density at radius 3 is 2.35 bits per heavy atom. The average molecular weight is 479 g/mol. The van der Waals surface area contributed by atoms with E-state index in [0.29, 0.717) is 12.8 Å². The second-order valence-corrected chi connectivity index (χ2v) is 8.24. The molecule has 1 aromatic carbocycles. The first-order valence-electron chi connectivity index (χ1n) is 9.43. The minimum Gasteiger partial charge on any atom is -0.466 e. The highest BCUT2D eigenvalue weighted by molar-refractivity contribution is 6.36. The number of amides is 2. The summed E-state index contributed by atoms with van der Waals surface area (Å²) >= 11 is 11.8. The molecule has 0 unspecified atom stereocenters. The Hall–Kier alpha value is -2.26. The van der Waals surface area contributed by atoms with Crippen molar-refractivity contribution in [3.8, 4) is 0 Å². The molecule has 1 heterocycles. The molecule has 1 N–H and O–H groups in total. The van der Waals surface area contributed by atoms with Crippen molar-refractivity contribution in [3.63, 3.8) is 0 Å². The molecule has 0 aromatic heterocycles. The molecule has 0 bridgehead atoms. The molecule has 168 valence electrons. The molecule has 3 rings (SSSR count). The highest BCUT2D eigenvalue weighted by Gasteiger charge is 2.71. The highest BCUT2D eigenvalue weighted by atomic mass is 35.5. The molecule has 0 saturated heterocycles. The molecule has 0 radical (unpaired) electrons. The van der Waals surface area contributed by atoms with Crippen molar-refractivity contribution < 1.29 is 32.3 Å². The lowest BCUT2D eigenvalue weighted by atomic mass is 9.88. The number of ether oxygens (including phenoxy) is 1. The van der Waals surface area contributed by atoms with Crippen LogP contribution in [0.2, 0.25) is 10.0 Å².